The third-order valence-corrected chi connectivity index (χ3v) is 1.46. The Balaban J connectivity index is 2.78. The number of ether oxygens (including phenoxy) is 2. The third kappa shape index (κ3) is 2.82. The molecule has 78 valence electrons. The molecule has 0 bridgehead atoms. The van der Waals surface area contributed by atoms with E-state index in [2.05, 4.69) is 9.47 Å². The lowest BCUT2D eigenvalue weighted by Crippen LogP contribution is -2.42. The molecule has 14 heavy (non-hydrogen) atoms. The van der Waals surface area contributed by atoms with Crippen LogP contribution in [0.4, 0.5) is 0 Å². The van der Waals surface area contributed by atoms with E-state index in [1.807, 2.05) is 0 Å². The molecule has 6 heteroatoms. The fourth-order valence-corrected chi connectivity index (χ4v) is 1.03. The molecule has 0 saturated carbocycles. The van der Waals surface area contributed by atoms with E-state index >= 15 is 0 Å². The van der Waals surface area contributed by atoms with Crippen LogP contribution in [-0.4, -0.2) is 29.1 Å². The second-order valence-electron chi connectivity index (χ2n) is 3.07. The van der Waals surface area contributed by atoms with E-state index in [0.717, 1.165) is 12.2 Å². The molecule has 0 aliphatic carbocycles. The Hall–Kier alpha value is -1.40. The first-order valence-corrected chi connectivity index (χ1v) is 4.03. The molecular formula is C8H11NO5. The van der Waals surface area contributed by atoms with Gasteiger partial charge in [-0.15, -0.1) is 0 Å². The maximum absolute atomic E-state index is 10.9. The first-order valence-electron chi connectivity index (χ1n) is 4.03. The summed E-state index contributed by atoms with van der Waals surface area (Å²) in [5, 5.41) is 9.56. The average molecular weight is 201 g/mol. The number of hydrogen-bond donors (Lipinski definition) is 2. The zero-order chi connectivity index (χ0) is 10.8. The molecule has 1 atom stereocenters. The molecule has 3 N–H and O–H groups in total. The van der Waals surface area contributed by atoms with E-state index in [4.69, 9.17) is 5.73 Å². The second-order valence-corrected chi connectivity index (χ2v) is 3.07. The van der Waals surface area contributed by atoms with Gasteiger partial charge in [-0.3, -0.25) is 0 Å². The highest BCUT2D eigenvalue weighted by molar-refractivity contribution is 5.93. The van der Waals surface area contributed by atoms with E-state index in [9.17, 15) is 14.7 Å². The van der Waals surface area contributed by atoms with Gasteiger partial charge in [0.15, 0.2) is 0 Å². The monoisotopic (exact) mass is 201 g/mol. The smallest absolute Gasteiger partial charge is 0.375 e. The van der Waals surface area contributed by atoms with Crippen LogP contribution in [0.15, 0.2) is 12.2 Å². The zero-order valence-electron chi connectivity index (χ0n) is 7.60. The lowest BCUT2D eigenvalue weighted by atomic mass is 10.2. The molecule has 0 amide bonds. The first kappa shape index (κ1) is 10.7. The summed E-state index contributed by atoms with van der Waals surface area (Å²) in [6.45, 7) is 1.58. The normalized spacial score (nSPS) is 22.2. The number of cyclic esters (lactones) is 2. The van der Waals surface area contributed by atoms with Gasteiger partial charge in [0.1, 0.15) is 0 Å². The molecule has 1 aliphatic heterocycles. The van der Waals surface area contributed by atoms with E-state index in [0.29, 0.717) is 0 Å². The van der Waals surface area contributed by atoms with Crippen molar-refractivity contribution in [2.75, 3.05) is 0 Å². The lowest BCUT2D eigenvalue weighted by molar-refractivity contribution is -0.323. The van der Waals surface area contributed by atoms with Gasteiger partial charge < -0.3 is 20.3 Å². The van der Waals surface area contributed by atoms with Crippen LogP contribution in [0.1, 0.15) is 13.3 Å². The molecule has 1 rings (SSSR count). The minimum atomic E-state index is -2.26. The summed E-state index contributed by atoms with van der Waals surface area (Å²) in [7, 11) is 0. The van der Waals surface area contributed by atoms with Crippen LogP contribution in [0.3, 0.4) is 0 Å². The molecule has 1 heterocycles. The standard InChI is InChI=1S/C8H11NO5/c1-5(9)4-8(12)13-6(10)2-3-7(11)14-8/h2-3,5,12H,4,9H2,1H3/t5-/m1/s1. The number of nitrogens with two attached hydrogens (primary N) is 1. The topological polar surface area (TPSA) is 98.9 Å². The minimum absolute atomic E-state index is 0.174. The van der Waals surface area contributed by atoms with E-state index < -0.39 is 24.0 Å². The molecule has 0 unspecified atom stereocenters. The van der Waals surface area contributed by atoms with Gasteiger partial charge in [-0.2, -0.15) is 0 Å². The van der Waals surface area contributed by atoms with E-state index in [-0.39, 0.29) is 6.42 Å². The summed E-state index contributed by atoms with van der Waals surface area (Å²) in [5.74, 6) is -3.95. The summed E-state index contributed by atoms with van der Waals surface area (Å²) in [4.78, 5) is 21.8. The largest absolute Gasteiger partial charge is 0.395 e. The van der Waals surface area contributed by atoms with Crippen molar-refractivity contribution in [3.8, 4) is 0 Å². The van der Waals surface area contributed by atoms with Crippen molar-refractivity contribution in [2.24, 2.45) is 5.73 Å². The van der Waals surface area contributed by atoms with Crippen molar-refractivity contribution in [2.45, 2.75) is 25.4 Å². The summed E-state index contributed by atoms with van der Waals surface area (Å²) in [6, 6.07) is -0.473. The molecule has 1 aliphatic rings. The van der Waals surface area contributed by atoms with Gasteiger partial charge in [-0.05, 0) is 6.92 Å². The highest BCUT2D eigenvalue weighted by Crippen LogP contribution is 2.19. The number of rotatable bonds is 2. The molecule has 0 fully saturated rings. The van der Waals surface area contributed by atoms with Crippen LogP contribution in [-0.2, 0) is 19.1 Å². The summed E-state index contributed by atoms with van der Waals surface area (Å²) in [5.41, 5.74) is 5.39. The maximum Gasteiger partial charge on any atom is 0.375 e. The van der Waals surface area contributed by atoms with Crippen molar-refractivity contribution < 1.29 is 24.2 Å². The highest BCUT2D eigenvalue weighted by atomic mass is 16.8. The van der Waals surface area contributed by atoms with Gasteiger partial charge in [0, 0.05) is 18.2 Å². The van der Waals surface area contributed by atoms with Crippen LogP contribution in [0.25, 0.3) is 0 Å². The van der Waals surface area contributed by atoms with Crippen LogP contribution >= 0.6 is 0 Å². The minimum Gasteiger partial charge on any atom is -0.395 e. The zero-order valence-corrected chi connectivity index (χ0v) is 7.60. The van der Waals surface area contributed by atoms with Gasteiger partial charge >= 0.3 is 17.9 Å². The number of carbonyl (C=O) groups is 2. The van der Waals surface area contributed by atoms with E-state index in [1.165, 1.54) is 0 Å². The molecule has 6 nitrogen and oxygen atoms in total. The van der Waals surface area contributed by atoms with Gasteiger partial charge in [-0.25, -0.2) is 9.59 Å². The predicted molar refractivity (Wildman–Crippen MR) is 44.5 cm³/mol. The third-order valence-electron chi connectivity index (χ3n) is 1.46. The lowest BCUT2D eigenvalue weighted by Gasteiger charge is -2.25. The number of esters is 2. The number of carbonyl (C=O) groups excluding carboxylic acids is 2. The Morgan fingerprint density at radius 3 is 2.21 bits per heavy atom. The predicted octanol–water partition coefficient (Wildman–Crippen LogP) is -0.974. The highest BCUT2D eigenvalue weighted by Gasteiger charge is 2.38. The van der Waals surface area contributed by atoms with Crippen molar-refractivity contribution in [1.29, 1.82) is 0 Å². The van der Waals surface area contributed by atoms with Crippen molar-refractivity contribution in [3.05, 3.63) is 12.2 Å². The fourth-order valence-electron chi connectivity index (χ4n) is 1.03. The number of aliphatic hydroxyl groups is 1. The molecule has 0 aromatic carbocycles. The Bertz CT molecular complexity index is 263. The molecule has 0 aromatic heterocycles. The molecule has 0 saturated heterocycles. The average Bonchev–Trinajstić information content (AvgIpc) is 2.07. The van der Waals surface area contributed by atoms with Crippen LogP contribution < -0.4 is 5.73 Å². The SMILES string of the molecule is C[C@@H](N)CC1(O)OC(=O)C=CC(=O)O1. The summed E-state index contributed by atoms with van der Waals surface area (Å²) < 4.78 is 8.97. The van der Waals surface area contributed by atoms with Gasteiger partial charge in [0.25, 0.3) is 0 Å². The van der Waals surface area contributed by atoms with Crippen LogP contribution in [0, 0.1) is 0 Å². The summed E-state index contributed by atoms with van der Waals surface area (Å²) in [6.07, 6.45) is 1.58. The number of hydrogen-bond acceptors (Lipinski definition) is 6. The Morgan fingerprint density at radius 2 is 1.86 bits per heavy atom. The van der Waals surface area contributed by atoms with Crippen molar-refractivity contribution >= 4 is 11.9 Å². The Labute approximate surface area is 80.3 Å². The molecule has 0 radical (unpaired) electrons. The van der Waals surface area contributed by atoms with Crippen molar-refractivity contribution in [3.63, 3.8) is 0 Å². The second kappa shape index (κ2) is 3.77. The van der Waals surface area contributed by atoms with Crippen LogP contribution in [0.5, 0.6) is 0 Å². The Morgan fingerprint density at radius 1 is 1.43 bits per heavy atom. The van der Waals surface area contributed by atoms with E-state index in [1.54, 1.807) is 6.92 Å². The Kier molecular flexibility index (Phi) is 2.87. The first-order chi connectivity index (χ1) is 6.41. The fraction of sp³-hybridized carbons (Fsp3) is 0.500. The quantitative estimate of drug-likeness (QED) is 0.557. The van der Waals surface area contributed by atoms with Crippen LogP contribution in [0.2, 0.25) is 0 Å². The van der Waals surface area contributed by atoms with Gasteiger partial charge in [0.05, 0.1) is 6.42 Å². The maximum atomic E-state index is 10.9. The molecule has 0 spiro atoms. The van der Waals surface area contributed by atoms with Gasteiger partial charge in [-0.1, -0.05) is 0 Å². The van der Waals surface area contributed by atoms with Gasteiger partial charge in [0.2, 0.25) is 0 Å². The summed E-state index contributed by atoms with van der Waals surface area (Å²) >= 11 is 0. The molecular weight excluding hydrogens is 190 g/mol. The molecule has 0 aromatic rings. The van der Waals surface area contributed by atoms with Crippen molar-refractivity contribution in [1.82, 2.24) is 0 Å².